The van der Waals surface area contributed by atoms with Crippen LogP contribution in [0.4, 0.5) is 8.78 Å². The zero-order valence-corrected chi connectivity index (χ0v) is 22.7. The van der Waals surface area contributed by atoms with E-state index in [-0.39, 0.29) is 17.5 Å². The van der Waals surface area contributed by atoms with Gasteiger partial charge in [-0.3, -0.25) is 4.79 Å². The number of benzene rings is 1. The molecule has 2 N–H and O–H groups in total. The number of aliphatic imine (C=N–C) groups is 1. The Labute approximate surface area is 220 Å². The lowest BCUT2D eigenvalue weighted by Crippen LogP contribution is -3.43. The molecule has 2 rings (SSSR count). The first-order valence-corrected chi connectivity index (χ1v) is 13.2. The van der Waals surface area contributed by atoms with E-state index >= 15 is 0 Å². The van der Waals surface area contributed by atoms with Gasteiger partial charge in [0.2, 0.25) is 5.84 Å². The zero-order valence-electron chi connectivity index (χ0n) is 20.4. The van der Waals surface area contributed by atoms with Crippen LogP contribution in [0.15, 0.2) is 48.6 Å². The Balaban J connectivity index is 1.91. The Hall–Kier alpha value is -1.85. The van der Waals surface area contributed by atoms with Gasteiger partial charge in [0.25, 0.3) is 5.91 Å². The second-order valence-corrected chi connectivity index (χ2v) is 10.1. The molecule has 35 heavy (non-hydrogen) atoms. The molecule has 1 aliphatic heterocycles. The van der Waals surface area contributed by atoms with Gasteiger partial charge in [-0.05, 0) is 61.6 Å². The fourth-order valence-corrected chi connectivity index (χ4v) is 4.09. The van der Waals surface area contributed by atoms with Gasteiger partial charge in [0.05, 0.1) is 6.61 Å². The molecule has 0 bridgehead atoms. The van der Waals surface area contributed by atoms with Gasteiger partial charge in [-0.15, -0.1) is 8.78 Å². The van der Waals surface area contributed by atoms with Crippen molar-refractivity contribution in [3.8, 4) is 0 Å². The van der Waals surface area contributed by atoms with Crippen molar-refractivity contribution in [2.24, 2.45) is 16.8 Å². The van der Waals surface area contributed by atoms with Crippen molar-refractivity contribution in [2.75, 3.05) is 33.0 Å². The number of nitrogens with zero attached hydrogens (tertiary/aromatic N) is 1. The molecular formula is C26H37F2IN3O3+. The van der Waals surface area contributed by atoms with Gasteiger partial charge in [0.15, 0.2) is 0 Å². The van der Waals surface area contributed by atoms with Crippen LogP contribution in [0.25, 0.3) is 5.70 Å². The lowest BCUT2D eigenvalue weighted by atomic mass is 9.90. The van der Waals surface area contributed by atoms with E-state index in [0.29, 0.717) is 59.4 Å². The van der Waals surface area contributed by atoms with E-state index in [1.807, 2.05) is 0 Å². The quantitative estimate of drug-likeness (QED) is 0.112. The Morgan fingerprint density at radius 2 is 1.97 bits per heavy atom. The maximum absolute atomic E-state index is 13.7. The summed E-state index contributed by atoms with van der Waals surface area (Å²) in [6.45, 7) is 12.8. The van der Waals surface area contributed by atoms with Crippen LogP contribution in [0.5, 0.6) is 0 Å². The summed E-state index contributed by atoms with van der Waals surface area (Å²) in [5, 5.41) is 5.56. The normalized spacial score (nSPS) is 15.9. The van der Waals surface area contributed by atoms with Gasteiger partial charge >= 0.3 is 26.5 Å². The first-order chi connectivity index (χ1) is 16.7. The molecule has 9 heteroatoms. The number of halogens is 3. The van der Waals surface area contributed by atoms with Crippen LogP contribution < -0.4 is 33.2 Å². The van der Waals surface area contributed by atoms with Crippen LogP contribution in [0.2, 0.25) is 0 Å². The number of carbonyl (C=O) groups is 1. The topological polar surface area (TPSA) is 72.0 Å². The van der Waals surface area contributed by atoms with Crippen LogP contribution >= 0.6 is 0 Å². The van der Waals surface area contributed by atoms with E-state index in [1.54, 1.807) is 24.3 Å². The van der Waals surface area contributed by atoms with Crippen LogP contribution in [-0.2, 0) is 9.47 Å². The molecule has 0 radical (unpaired) electrons. The molecule has 1 saturated heterocycles. The largest absolute Gasteiger partial charge is 0.497 e. The molecule has 0 spiro atoms. The highest BCUT2D eigenvalue weighted by molar-refractivity contribution is 5.96. The Morgan fingerprint density at radius 3 is 2.57 bits per heavy atom. The summed E-state index contributed by atoms with van der Waals surface area (Å²) in [6.07, 6.45) is 6.30. The summed E-state index contributed by atoms with van der Waals surface area (Å²) in [5.74, 6) is 0.194. The highest BCUT2D eigenvalue weighted by atomic mass is 127. The minimum atomic E-state index is -3.16. The molecule has 6 nitrogen and oxygen atoms in total. The van der Waals surface area contributed by atoms with Gasteiger partial charge < -0.3 is 20.1 Å². The highest BCUT2D eigenvalue weighted by Crippen LogP contribution is 2.23. The molecule has 0 aromatic heterocycles. The summed E-state index contributed by atoms with van der Waals surface area (Å²) in [5.41, 5.74) is 1.31. The van der Waals surface area contributed by atoms with E-state index in [2.05, 4.69) is 35.7 Å². The van der Waals surface area contributed by atoms with E-state index in [4.69, 9.17) is 9.47 Å². The number of rotatable bonds is 14. The highest BCUT2D eigenvalue weighted by Gasteiger charge is 2.43. The van der Waals surface area contributed by atoms with Crippen LogP contribution in [0.3, 0.4) is 0 Å². The minimum Gasteiger partial charge on any atom is -0.381 e. The minimum absolute atomic E-state index is 0.184. The smallest absolute Gasteiger partial charge is 0.381 e. The monoisotopic (exact) mass is 604 g/mol. The van der Waals surface area contributed by atoms with E-state index in [0.717, 1.165) is 51.5 Å². The average molecular weight is 605 g/mol. The van der Waals surface area contributed by atoms with Crippen molar-refractivity contribution in [1.82, 2.24) is 10.6 Å². The lowest BCUT2D eigenvalue weighted by Gasteiger charge is -2.24. The van der Waals surface area contributed by atoms with Gasteiger partial charge in [-0.2, -0.15) is 0 Å². The Kier molecular flexibility index (Phi) is 12.8. The molecule has 194 valence electrons. The predicted molar refractivity (Wildman–Crippen MR) is 132 cm³/mol. The van der Waals surface area contributed by atoms with Crippen molar-refractivity contribution < 1.29 is 45.6 Å². The number of ether oxygens (including phenoxy) is 2. The third-order valence-electron chi connectivity index (χ3n) is 5.84. The second kappa shape index (κ2) is 15.3. The molecule has 1 fully saturated rings. The van der Waals surface area contributed by atoms with Gasteiger partial charge in [0, 0.05) is 43.8 Å². The standard InChI is InChI=1S/C26H36F2IN3O3/c1-4-14-35-18-21(7-6-20-12-15-34-16-13-20)17-31-24(33)23-10-8-22(9-11-23)19(3)32-25(30-5-2)26(27,28)29/h5,8-11,20-21,29H,2-4,6-7,12-18H2,1H3,(H-,30,31,32,33)/p+1. The molecule has 1 aromatic carbocycles. The molecule has 1 aromatic rings. The summed E-state index contributed by atoms with van der Waals surface area (Å²) in [7, 11) is 0. The molecular weight excluding hydrogens is 567 g/mol. The van der Waals surface area contributed by atoms with Gasteiger partial charge in [-0.1, -0.05) is 32.2 Å². The van der Waals surface area contributed by atoms with Gasteiger partial charge in [-0.25, -0.2) is 4.99 Å². The second-order valence-electron chi connectivity index (χ2n) is 8.64. The SMILES string of the molecule is C=CN=C(NC(=C)c1ccc(C(=O)NCC(CCC2CCOCC2)COCCC)cc1)C(F)(F)[IH+]. The Bertz CT molecular complexity index is 850. The van der Waals surface area contributed by atoms with E-state index in [1.165, 1.54) is 0 Å². The molecule has 0 aliphatic carbocycles. The van der Waals surface area contributed by atoms with Crippen molar-refractivity contribution in [3.63, 3.8) is 0 Å². The zero-order chi connectivity index (χ0) is 25.7. The first kappa shape index (κ1) is 29.4. The van der Waals surface area contributed by atoms with Crippen molar-refractivity contribution in [1.29, 1.82) is 0 Å². The number of alkyl halides is 3. The van der Waals surface area contributed by atoms with Crippen molar-refractivity contribution in [2.45, 2.75) is 43.0 Å². The van der Waals surface area contributed by atoms with Crippen LogP contribution in [0.1, 0.15) is 54.9 Å². The molecule has 1 amide bonds. The predicted octanol–water partition coefficient (Wildman–Crippen LogP) is 1.65. The molecule has 0 saturated carbocycles. The van der Waals surface area contributed by atoms with Gasteiger partial charge in [0.1, 0.15) is 0 Å². The summed E-state index contributed by atoms with van der Waals surface area (Å²) in [4.78, 5) is 16.3. The average Bonchev–Trinajstić information content (AvgIpc) is 2.85. The molecule has 1 heterocycles. The van der Waals surface area contributed by atoms with Crippen LogP contribution in [-0.4, -0.2) is 48.6 Å². The molecule has 1 aliphatic rings. The summed E-state index contributed by atoms with van der Waals surface area (Å²) >= 11 is 0.661. The van der Waals surface area contributed by atoms with Crippen molar-refractivity contribution in [3.05, 3.63) is 54.8 Å². The molecule has 1 unspecified atom stereocenters. The molecule has 1 atom stereocenters. The van der Waals surface area contributed by atoms with Crippen molar-refractivity contribution >= 4 is 17.4 Å². The maximum atomic E-state index is 13.7. The van der Waals surface area contributed by atoms with E-state index in [9.17, 15) is 13.6 Å². The number of amides is 1. The maximum Gasteiger partial charge on any atom is 0.497 e. The number of amidine groups is 1. The summed E-state index contributed by atoms with van der Waals surface area (Å²) < 4.78 is 35.4. The number of hydrogen-bond donors (Lipinski definition) is 2. The fourth-order valence-electron chi connectivity index (χ4n) is 3.79. The third kappa shape index (κ3) is 10.7. The lowest BCUT2D eigenvalue weighted by molar-refractivity contribution is -0.538. The third-order valence-corrected chi connectivity index (χ3v) is 6.39. The fraction of sp³-hybridized carbons (Fsp3) is 0.538. The number of hydrogen-bond acceptors (Lipinski definition) is 4. The number of nitrogens with one attached hydrogen (secondary N) is 2. The first-order valence-electron chi connectivity index (χ1n) is 12.0. The van der Waals surface area contributed by atoms with E-state index < -0.39 is 9.76 Å². The number of carbonyl (C=O) groups excluding carboxylic acids is 1. The Morgan fingerprint density at radius 1 is 1.31 bits per heavy atom. The van der Waals surface area contributed by atoms with Crippen LogP contribution in [0, 0.1) is 11.8 Å². The summed E-state index contributed by atoms with van der Waals surface area (Å²) in [6, 6.07) is 6.63.